The molecule has 0 amide bonds. The molecule has 7 aromatic rings. The summed E-state index contributed by atoms with van der Waals surface area (Å²) in [6.07, 6.45) is 3.69. The van der Waals surface area contributed by atoms with Gasteiger partial charge in [-0.25, -0.2) is 15.0 Å². The van der Waals surface area contributed by atoms with Crippen LogP contribution >= 0.6 is 0 Å². The lowest BCUT2D eigenvalue weighted by molar-refractivity contribution is 0.405. The molecule has 6 aromatic carbocycles. The zero-order chi connectivity index (χ0) is 33.1. The van der Waals surface area contributed by atoms with Gasteiger partial charge in [0.15, 0.2) is 0 Å². The van der Waals surface area contributed by atoms with Gasteiger partial charge in [0.25, 0.3) is 5.79 Å². The van der Waals surface area contributed by atoms with Gasteiger partial charge in [-0.1, -0.05) is 146 Å². The number of imidazole rings is 1. The average Bonchev–Trinajstić information content (AvgIpc) is 3.79. The summed E-state index contributed by atoms with van der Waals surface area (Å²) in [4.78, 5) is 17.5. The fraction of sp³-hybridized carbons (Fsp3) is 0.109. The Morgan fingerprint density at radius 1 is 0.460 bits per heavy atom. The van der Waals surface area contributed by atoms with Crippen molar-refractivity contribution >= 4 is 11.4 Å². The molecule has 0 atom stereocenters. The lowest BCUT2D eigenvalue weighted by Crippen LogP contribution is -2.32. The highest BCUT2D eigenvalue weighted by atomic mass is 15.4. The molecule has 0 fully saturated rings. The van der Waals surface area contributed by atoms with Crippen molar-refractivity contribution < 1.29 is 0 Å². The van der Waals surface area contributed by atoms with E-state index < -0.39 is 5.79 Å². The number of benzene rings is 6. The Morgan fingerprint density at radius 3 is 1.56 bits per heavy atom. The second-order valence-corrected chi connectivity index (χ2v) is 13.5. The topological polar surface area (TPSA) is 42.5 Å². The van der Waals surface area contributed by atoms with Crippen molar-refractivity contribution in [2.45, 2.75) is 31.5 Å². The van der Waals surface area contributed by atoms with Gasteiger partial charge in [0.05, 0.1) is 22.8 Å². The minimum absolute atomic E-state index is 0.850. The molecular formula is C46H34N4. The summed E-state index contributed by atoms with van der Waals surface area (Å²) < 4.78 is 2.39. The molecule has 4 bridgehead atoms. The normalized spacial score (nSPS) is 15.3. The second-order valence-electron chi connectivity index (χ2n) is 13.5. The molecule has 0 radical (unpaired) electrons. The third-order valence-electron chi connectivity index (χ3n) is 10.5. The van der Waals surface area contributed by atoms with E-state index in [1.54, 1.807) is 0 Å². The molecule has 0 saturated heterocycles. The molecule has 4 heteroatoms. The number of fused-ring (bicyclic) bond motifs is 2. The van der Waals surface area contributed by atoms with Crippen LogP contribution in [-0.2, 0) is 31.5 Å². The maximum Gasteiger partial charge on any atom is 0.261 e. The van der Waals surface area contributed by atoms with Gasteiger partial charge in [-0.05, 0) is 60.1 Å². The molecule has 3 aliphatic heterocycles. The monoisotopic (exact) mass is 642 g/mol. The van der Waals surface area contributed by atoms with Crippen molar-refractivity contribution in [3.63, 3.8) is 0 Å². The van der Waals surface area contributed by atoms with Crippen LogP contribution in [0.1, 0.15) is 38.9 Å². The van der Waals surface area contributed by atoms with Crippen LogP contribution in [0.25, 0.3) is 33.9 Å². The van der Waals surface area contributed by atoms with Gasteiger partial charge in [-0.3, -0.25) is 4.57 Å². The van der Waals surface area contributed by atoms with Gasteiger partial charge < -0.3 is 0 Å². The van der Waals surface area contributed by atoms with E-state index in [4.69, 9.17) is 15.0 Å². The molecule has 238 valence electrons. The Hall–Kier alpha value is -6.13. The van der Waals surface area contributed by atoms with E-state index in [9.17, 15) is 0 Å². The van der Waals surface area contributed by atoms with Crippen molar-refractivity contribution in [2.75, 3.05) is 0 Å². The fourth-order valence-corrected chi connectivity index (χ4v) is 8.01. The lowest BCUT2D eigenvalue weighted by Gasteiger charge is -2.31. The summed E-state index contributed by atoms with van der Waals surface area (Å²) in [7, 11) is 0. The Balaban J connectivity index is 1.44. The van der Waals surface area contributed by atoms with Crippen LogP contribution in [0.3, 0.4) is 0 Å². The minimum Gasteiger partial charge on any atom is -0.275 e. The van der Waals surface area contributed by atoms with Crippen molar-refractivity contribution in [2.24, 2.45) is 9.98 Å². The van der Waals surface area contributed by atoms with Crippen LogP contribution in [0.4, 0.5) is 0 Å². The zero-order valence-electron chi connectivity index (χ0n) is 27.6. The van der Waals surface area contributed by atoms with Gasteiger partial charge in [0, 0.05) is 33.4 Å². The van der Waals surface area contributed by atoms with E-state index in [0.717, 1.165) is 82.1 Å². The first kappa shape index (κ1) is 28.8. The highest BCUT2D eigenvalue weighted by Crippen LogP contribution is 2.49. The number of hydrogen-bond acceptors (Lipinski definition) is 3. The van der Waals surface area contributed by atoms with Crippen LogP contribution < -0.4 is 0 Å². The molecule has 3 aliphatic rings. The van der Waals surface area contributed by atoms with Gasteiger partial charge in [-0.15, -0.1) is 0 Å². The van der Waals surface area contributed by atoms with Crippen LogP contribution in [0.2, 0.25) is 0 Å². The van der Waals surface area contributed by atoms with Crippen LogP contribution in [0.5, 0.6) is 0 Å². The maximum absolute atomic E-state index is 5.93. The quantitative estimate of drug-likeness (QED) is 0.189. The first-order chi connectivity index (χ1) is 24.7. The van der Waals surface area contributed by atoms with Gasteiger partial charge in [0.2, 0.25) is 0 Å². The number of hydrogen-bond donors (Lipinski definition) is 0. The number of aromatic nitrogens is 2. The largest absolute Gasteiger partial charge is 0.275 e. The molecule has 50 heavy (non-hydrogen) atoms. The second kappa shape index (κ2) is 11.5. The van der Waals surface area contributed by atoms with Crippen LogP contribution in [0.15, 0.2) is 168 Å². The third kappa shape index (κ3) is 4.56. The van der Waals surface area contributed by atoms with Gasteiger partial charge in [0.1, 0.15) is 5.82 Å². The highest BCUT2D eigenvalue weighted by molar-refractivity contribution is 6.54. The molecule has 0 aliphatic carbocycles. The van der Waals surface area contributed by atoms with Crippen molar-refractivity contribution in [1.82, 2.24) is 9.55 Å². The van der Waals surface area contributed by atoms with Gasteiger partial charge >= 0.3 is 0 Å². The zero-order valence-corrected chi connectivity index (χ0v) is 27.6. The fourth-order valence-electron chi connectivity index (χ4n) is 8.01. The molecule has 0 saturated carbocycles. The maximum atomic E-state index is 5.93. The molecule has 0 N–H and O–H groups in total. The van der Waals surface area contributed by atoms with E-state index >= 15 is 0 Å². The van der Waals surface area contributed by atoms with E-state index in [1.165, 1.54) is 27.8 Å². The molecule has 4 heterocycles. The minimum atomic E-state index is -1.16. The summed E-state index contributed by atoms with van der Waals surface area (Å²) in [6.45, 7) is 0. The predicted molar refractivity (Wildman–Crippen MR) is 203 cm³/mol. The summed E-state index contributed by atoms with van der Waals surface area (Å²) in [5.41, 5.74) is 15.5. The molecule has 4 nitrogen and oxygen atoms in total. The average molecular weight is 643 g/mol. The summed E-state index contributed by atoms with van der Waals surface area (Å²) >= 11 is 0. The first-order valence-corrected chi connectivity index (χ1v) is 17.5. The summed E-state index contributed by atoms with van der Waals surface area (Å²) in [5, 5.41) is 0. The Labute approximate surface area is 292 Å². The third-order valence-corrected chi connectivity index (χ3v) is 10.5. The van der Waals surface area contributed by atoms with E-state index in [-0.39, 0.29) is 0 Å². The number of aliphatic imine (C=N–C) groups is 2. The number of rotatable bonds is 4. The Kier molecular flexibility index (Phi) is 6.63. The Morgan fingerprint density at radius 2 is 0.960 bits per heavy atom. The van der Waals surface area contributed by atoms with Gasteiger partial charge in [-0.2, -0.15) is 0 Å². The summed E-state index contributed by atoms with van der Waals surface area (Å²) in [6, 6.07) is 56.5. The lowest BCUT2D eigenvalue weighted by atomic mass is 9.89. The standard InChI is InChI=1S/C46H34N4/c1-5-13-35(14-6-1)41-42(36-15-7-2-8-16-36)49-46(48-41)40-30-32-22-21-31-23-25-33(27-28-34(40)26-24-32)39(29-31)44-43(37-17-9-3-10-18-37)47-45(50(44)46)38-19-11-4-12-20-38/h1-20,23-26,29-30H,21-22,27-28H2. The number of aryl methyl sites for hydroxylation is 4. The van der Waals surface area contributed by atoms with Crippen molar-refractivity contribution in [3.8, 4) is 33.9 Å². The van der Waals surface area contributed by atoms with E-state index in [0.29, 0.717) is 0 Å². The first-order valence-electron chi connectivity index (χ1n) is 17.5. The van der Waals surface area contributed by atoms with E-state index in [1.807, 2.05) is 0 Å². The molecule has 0 unspecified atom stereocenters. The highest BCUT2D eigenvalue weighted by Gasteiger charge is 2.47. The molecular weight excluding hydrogens is 609 g/mol. The molecule has 10 rings (SSSR count). The smallest absolute Gasteiger partial charge is 0.261 e. The predicted octanol–water partition coefficient (Wildman–Crippen LogP) is 9.73. The van der Waals surface area contributed by atoms with E-state index in [2.05, 4.69) is 162 Å². The molecule has 1 aromatic heterocycles. The van der Waals surface area contributed by atoms with Crippen molar-refractivity contribution in [1.29, 1.82) is 0 Å². The SMILES string of the molecule is c1ccc(C2=NC3(N=C2c2ccccc2)c2cc4ccc2CCc2ccc(cc2-c2c(-c5ccccc5)nc(-c5ccccc5)n23)CC4)cc1. The van der Waals surface area contributed by atoms with Crippen LogP contribution in [-0.4, -0.2) is 21.0 Å². The van der Waals surface area contributed by atoms with Crippen LogP contribution in [0, 0.1) is 0 Å². The Bertz CT molecular complexity index is 2400. The molecule has 1 spiro atoms. The van der Waals surface area contributed by atoms with Crippen molar-refractivity contribution in [3.05, 3.63) is 197 Å². The summed E-state index contributed by atoms with van der Waals surface area (Å²) in [5.74, 6) is -0.313. The number of nitrogens with zero attached hydrogens (tertiary/aromatic N) is 4.